The third-order valence-corrected chi connectivity index (χ3v) is 5.73. The maximum Gasteiger partial charge on any atom is 0.254 e. The van der Waals surface area contributed by atoms with Crippen LogP contribution in [0.15, 0.2) is 54.6 Å². The van der Waals surface area contributed by atoms with E-state index < -0.39 is 41.1 Å². The minimum absolute atomic E-state index is 0.222. The van der Waals surface area contributed by atoms with Crippen LogP contribution in [-0.2, 0) is 21.5 Å². The quantitative estimate of drug-likeness (QED) is 0.428. The van der Waals surface area contributed by atoms with Crippen LogP contribution < -0.4 is 10.6 Å². The number of nitrogens with one attached hydrogen (secondary N) is 2. The lowest BCUT2D eigenvalue weighted by atomic mass is 9.96. The van der Waals surface area contributed by atoms with Crippen LogP contribution >= 0.6 is 0 Å². The summed E-state index contributed by atoms with van der Waals surface area (Å²) in [7, 11) is 0. The Balaban J connectivity index is 1.73. The van der Waals surface area contributed by atoms with Crippen molar-refractivity contribution in [3.63, 3.8) is 0 Å². The molecule has 7 nitrogen and oxygen atoms in total. The number of aromatic nitrogens is 2. The van der Waals surface area contributed by atoms with Crippen LogP contribution in [-0.4, -0.2) is 32.7 Å². The number of nitrogens with zero attached hydrogens (tertiary/aromatic N) is 2. The van der Waals surface area contributed by atoms with Gasteiger partial charge in [0.25, 0.3) is 5.91 Å². The van der Waals surface area contributed by atoms with E-state index in [-0.39, 0.29) is 5.92 Å². The predicted octanol–water partition coefficient (Wildman–Crippen LogP) is 4.44. The second-order valence-electron chi connectivity index (χ2n) is 9.94. The monoisotopic (exact) mass is 498 g/mol. The normalized spacial score (nSPS) is 14.1. The molecule has 0 aliphatic heterocycles. The maximum atomic E-state index is 13.7. The number of hydrogen-bond acceptors (Lipinski definition) is 4. The van der Waals surface area contributed by atoms with Gasteiger partial charge in [0.05, 0.1) is 11.2 Å². The standard InChI is InChI=1S/C27H32F2N4O3/c1-16(19-12-20(28)14-21(29)13-19)11-22-15-23(33(32-22)27(3,4)5)31-25(35)17(2)30-26(36)24(34)18-9-7-6-8-10-18/h6-10,12-17,24,34H,11H2,1-5H3,(H,30,36)(H,31,35). The largest absolute Gasteiger partial charge is 0.378 e. The maximum absolute atomic E-state index is 13.7. The predicted molar refractivity (Wildman–Crippen MR) is 133 cm³/mol. The second-order valence-corrected chi connectivity index (χ2v) is 9.94. The van der Waals surface area contributed by atoms with Gasteiger partial charge in [-0.2, -0.15) is 5.10 Å². The first kappa shape index (κ1) is 27.0. The second kappa shape index (κ2) is 11.0. The highest BCUT2D eigenvalue weighted by atomic mass is 19.1. The number of halogens is 2. The van der Waals surface area contributed by atoms with Crippen LogP contribution in [0.2, 0.25) is 0 Å². The van der Waals surface area contributed by atoms with Crippen LogP contribution in [0, 0.1) is 11.6 Å². The molecule has 0 fully saturated rings. The molecule has 36 heavy (non-hydrogen) atoms. The first-order chi connectivity index (χ1) is 16.8. The first-order valence-corrected chi connectivity index (χ1v) is 11.7. The van der Waals surface area contributed by atoms with E-state index in [1.54, 1.807) is 41.1 Å². The molecule has 3 unspecified atom stereocenters. The van der Waals surface area contributed by atoms with E-state index in [9.17, 15) is 23.5 Å². The Labute approximate surface area is 209 Å². The van der Waals surface area contributed by atoms with Gasteiger partial charge >= 0.3 is 0 Å². The van der Waals surface area contributed by atoms with Crippen LogP contribution in [0.3, 0.4) is 0 Å². The van der Waals surface area contributed by atoms with Crippen molar-refractivity contribution in [3.8, 4) is 0 Å². The van der Waals surface area contributed by atoms with E-state index in [4.69, 9.17) is 0 Å². The molecule has 9 heteroatoms. The molecule has 2 aromatic carbocycles. The van der Waals surface area contributed by atoms with Gasteiger partial charge in [0.2, 0.25) is 5.91 Å². The SMILES string of the molecule is CC(NC(=O)C(O)c1ccccc1)C(=O)Nc1cc(CC(C)c2cc(F)cc(F)c2)nn1C(C)(C)C. The number of aliphatic hydroxyl groups is 1. The zero-order chi connectivity index (χ0) is 26.6. The van der Waals surface area contributed by atoms with Crippen molar-refractivity contribution in [2.75, 3.05) is 5.32 Å². The van der Waals surface area contributed by atoms with Crippen molar-refractivity contribution in [1.82, 2.24) is 15.1 Å². The van der Waals surface area contributed by atoms with Crippen molar-refractivity contribution < 1.29 is 23.5 Å². The lowest BCUT2D eigenvalue weighted by Crippen LogP contribution is -2.44. The van der Waals surface area contributed by atoms with Gasteiger partial charge < -0.3 is 15.7 Å². The molecule has 0 spiro atoms. The molecule has 1 aromatic heterocycles. The number of anilines is 1. The minimum Gasteiger partial charge on any atom is -0.378 e. The summed E-state index contributed by atoms with van der Waals surface area (Å²) in [6.45, 7) is 9.13. The number of amides is 2. The molecule has 3 aromatic rings. The fourth-order valence-corrected chi connectivity index (χ4v) is 3.80. The third-order valence-electron chi connectivity index (χ3n) is 5.73. The molecule has 3 N–H and O–H groups in total. The molecule has 0 bridgehead atoms. The van der Waals surface area contributed by atoms with Crippen LogP contribution in [0.1, 0.15) is 63.5 Å². The third kappa shape index (κ3) is 6.75. The Bertz CT molecular complexity index is 1200. The number of carbonyl (C=O) groups excluding carboxylic acids is 2. The summed E-state index contributed by atoms with van der Waals surface area (Å²) in [5, 5.41) is 20.2. The highest BCUT2D eigenvalue weighted by Crippen LogP contribution is 2.26. The van der Waals surface area contributed by atoms with Crippen LogP contribution in [0.5, 0.6) is 0 Å². The summed E-state index contributed by atoms with van der Waals surface area (Å²) in [6.07, 6.45) is -1.01. The smallest absolute Gasteiger partial charge is 0.254 e. The lowest BCUT2D eigenvalue weighted by Gasteiger charge is -2.23. The summed E-state index contributed by atoms with van der Waals surface area (Å²) >= 11 is 0. The highest BCUT2D eigenvalue weighted by Gasteiger charge is 2.26. The topological polar surface area (TPSA) is 96.2 Å². The Morgan fingerprint density at radius 3 is 2.17 bits per heavy atom. The molecule has 0 saturated heterocycles. The van der Waals surface area contributed by atoms with Crippen molar-refractivity contribution in [3.05, 3.63) is 83.1 Å². The minimum atomic E-state index is -1.40. The van der Waals surface area contributed by atoms with E-state index in [0.29, 0.717) is 29.1 Å². The molecular weight excluding hydrogens is 466 g/mol. The molecule has 192 valence electrons. The van der Waals surface area contributed by atoms with Gasteiger partial charge in [-0.15, -0.1) is 0 Å². The summed E-state index contributed by atoms with van der Waals surface area (Å²) < 4.78 is 29.0. The molecule has 1 heterocycles. The Kier molecular flexibility index (Phi) is 8.24. The molecule has 2 amide bonds. The number of rotatable bonds is 8. The van der Waals surface area contributed by atoms with Gasteiger partial charge in [-0.3, -0.25) is 9.59 Å². The molecule has 0 aliphatic rings. The fourth-order valence-electron chi connectivity index (χ4n) is 3.80. The van der Waals surface area contributed by atoms with Gasteiger partial charge in [0.1, 0.15) is 23.5 Å². The van der Waals surface area contributed by atoms with E-state index in [1.807, 2.05) is 27.7 Å². The van der Waals surface area contributed by atoms with Gasteiger partial charge in [0, 0.05) is 12.1 Å². The van der Waals surface area contributed by atoms with Crippen molar-refractivity contribution >= 4 is 17.6 Å². The molecule has 0 aliphatic carbocycles. The summed E-state index contributed by atoms with van der Waals surface area (Å²) in [6, 6.07) is 12.6. The summed E-state index contributed by atoms with van der Waals surface area (Å²) in [5.74, 6) is -2.26. The first-order valence-electron chi connectivity index (χ1n) is 11.7. The van der Waals surface area contributed by atoms with Gasteiger partial charge in [-0.25, -0.2) is 13.5 Å². The molecular formula is C27H32F2N4O3. The zero-order valence-electron chi connectivity index (χ0n) is 21.0. The van der Waals surface area contributed by atoms with E-state index in [1.165, 1.54) is 19.1 Å². The number of aliphatic hydroxyl groups excluding tert-OH is 1. The van der Waals surface area contributed by atoms with E-state index in [0.717, 1.165) is 6.07 Å². The summed E-state index contributed by atoms with van der Waals surface area (Å²) in [4.78, 5) is 25.3. The van der Waals surface area contributed by atoms with Crippen molar-refractivity contribution in [1.29, 1.82) is 0 Å². The van der Waals surface area contributed by atoms with E-state index in [2.05, 4.69) is 15.7 Å². The highest BCUT2D eigenvalue weighted by molar-refractivity contribution is 5.97. The molecule has 0 saturated carbocycles. The zero-order valence-corrected chi connectivity index (χ0v) is 21.0. The van der Waals surface area contributed by atoms with Gasteiger partial charge in [0.15, 0.2) is 6.10 Å². The lowest BCUT2D eigenvalue weighted by molar-refractivity contribution is -0.132. The van der Waals surface area contributed by atoms with Crippen LogP contribution in [0.25, 0.3) is 0 Å². The summed E-state index contributed by atoms with van der Waals surface area (Å²) in [5.41, 5.74) is 1.08. The number of benzene rings is 2. The van der Waals surface area contributed by atoms with Gasteiger partial charge in [-0.1, -0.05) is 37.3 Å². The molecule has 3 atom stereocenters. The van der Waals surface area contributed by atoms with Gasteiger partial charge in [-0.05, 0) is 63.3 Å². The van der Waals surface area contributed by atoms with E-state index >= 15 is 0 Å². The average molecular weight is 499 g/mol. The van der Waals surface area contributed by atoms with Crippen molar-refractivity contribution in [2.24, 2.45) is 0 Å². The molecule has 3 rings (SSSR count). The van der Waals surface area contributed by atoms with Crippen LogP contribution in [0.4, 0.5) is 14.6 Å². The van der Waals surface area contributed by atoms with Crippen molar-refractivity contribution in [2.45, 2.75) is 64.6 Å². The fraction of sp³-hybridized carbons (Fsp3) is 0.370. The number of carbonyl (C=O) groups is 2. The Morgan fingerprint density at radius 1 is 0.972 bits per heavy atom. The Hall–Kier alpha value is -3.59. The number of hydrogen-bond donors (Lipinski definition) is 3. The Morgan fingerprint density at radius 2 is 1.58 bits per heavy atom. The average Bonchev–Trinajstić information content (AvgIpc) is 3.20. The molecule has 0 radical (unpaired) electrons.